The quantitative estimate of drug-likeness (QED) is 0.586. The Hall–Kier alpha value is -3.73. The molecule has 1 amide bonds. The number of furan rings is 1. The zero-order chi connectivity index (χ0) is 17.8. The van der Waals surface area contributed by atoms with E-state index >= 15 is 0 Å². The number of nitrogens with zero attached hydrogens (tertiary/aromatic N) is 2. The van der Waals surface area contributed by atoms with Crippen LogP contribution in [0, 0.1) is 0 Å². The summed E-state index contributed by atoms with van der Waals surface area (Å²) in [6.07, 6.45) is 2.83. The van der Waals surface area contributed by atoms with Crippen LogP contribution in [0.5, 0.6) is 0 Å². The van der Waals surface area contributed by atoms with Gasteiger partial charge in [0, 0.05) is 5.56 Å². The second kappa shape index (κ2) is 7.03. The Balaban J connectivity index is 1.49. The first kappa shape index (κ1) is 15.8. The van der Waals surface area contributed by atoms with E-state index in [-0.39, 0.29) is 5.91 Å². The lowest BCUT2D eigenvalue weighted by molar-refractivity contribution is 0.102. The molecule has 126 valence electrons. The molecule has 26 heavy (non-hydrogen) atoms. The summed E-state index contributed by atoms with van der Waals surface area (Å²) in [4.78, 5) is 12.0. The van der Waals surface area contributed by atoms with Crippen LogP contribution in [-0.2, 0) is 0 Å². The molecule has 2 aromatic heterocycles. The normalized spacial score (nSPS) is 10.5. The van der Waals surface area contributed by atoms with Crippen LogP contribution < -0.4 is 5.32 Å². The number of hydrogen-bond donors (Lipinski definition) is 1. The van der Waals surface area contributed by atoms with Gasteiger partial charge >= 0.3 is 0 Å². The minimum absolute atomic E-state index is 0.284. The van der Waals surface area contributed by atoms with Gasteiger partial charge in [-0.2, -0.15) is 0 Å². The molecule has 0 unspecified atom stereocenters. The van der Waals surface area contributed by atoms with E-state index in [1.54, 1.807) is 12.1 Å². The highest BCUT2D eigenvalue weighted by molar-refractivity contribution is 6.03. The summed E-state index contributed by atoms with van der Waals surface area (Å²) in [5, 5.41) is 11.0. The molecule has 1 N–H and O–H groups in total. The third-order valence-electron chi connectivity index (χ3n) is 3.98. The molecule has 0 spiro atoms. The Morgan fingerprint density at radius 2 is 1.50 bits per heavy atom. The van der Waals surface area contributed by atoms with Crippen LogP contribution >= 0.6 is 0 Å². The molecule has 0 fully saturated rings. The van der Waals surface area contributed by atoms with Gasteiger partial charge in [-0.25, -0.2) is 0 Å². The fourth-order valence-electron chi connectivity index (χ4n) is 2.60. The fraction of sp³-hybridized carbons (Fsp3) is 0. The minimum atomic E-state index is -0.284. The van der Waals surface area contributed by atoms with Crippen molar-refractivity contribution in [2.45, 2.75) is 0 Å². The highest BCUT2D eigenvalue weighted by Crippen LogP contribution is 2.23. The molecule has 2 heterocycles. The molecular formula is C21H15N3O2. The van der Waals surface area contributed by atoms with E-state index < -0.39 is 0 Å². The van der Waals surface area contributed by atoms with Gasteiger partial charge in [-0.3, -0.25) is 4.79 Å². The number of benzene rings is 2. The Bertz CT molecular complexity index is 994. The molecule has 0 aliphatic heterocycles. The summed E-state index contributed by atoms with van der Waals surface area (Å²) in [5.74, 6) is 0.105. The summed E-state index contributed by atoms with van der Waals surface area (Å²) in [6.45, 7) is 0. The third kappa shape index (κ3) is 3.37. The average Bonchev–Trinajstić information content (AvgIpc) is 3.25. The van der Waals surface area contributed by atoms with Crippen LogP contribution in [0.25, 0.3) is 22.4 Å². The van der Waals surface area contributed by atoms with Gasteiger partial charge in [0.05, 0.1) is 17.5 Å². The highest BCUT2D eigenvalue weighted by atomic mass is 16.3. The number of nitrogens with one attached hydrogen (secondary N) is 1. The zero-order valence-electron chi connectivity index (χ0n) is 13.8. The van der Waals surface area contributed by atoms with Gasteiger partial charge in [-0.15, -0.1) is 10.2 Å². The summed E-state index contributed by atoms with van der Waals surface area (Å²) in [6, 6.07) is 23.5. The first-order chi connectivity index (χ1) is 12.8. The van der Waals surface area contributed by atoms with Crippen molar-refractivity contribution in [1.29, 1.82) is 0 Å². The number of anilines is 1. The first-order valence-electron chi connectivity index (χ1n) is 8.13. The first-order valence-corrected chi connectivity index (χ1v) is 8.13. The Morgan fingerprint density at radius 1 is 0.769 bits per heavy atom. The van der Waals surface area contributed by atoms with Crippen molar-refractivity contribution in [1.82, 2.24) is 10.2 Å². The molecule has 0 bridgehead atoms. The maximum Gasteiger partial charge on any atom is 0.260 e. The summed E-state index contributed by atoms with van der Waals surface area (Å²) in [5.41, 5.74) is 4.46. The molecule has 4 rings (SSSR count). The average molecular weight is 341 g/mol. The van der Waals surface area contributed by atoms with E-state index in [4.69, 9.17) is 4.42 Å². The predicted molar refractivity (Wildman–Crippen MR) is 99.6 cm³/mol. The van der Waals surface area contributed by atoms with E-state index in [1.807, 2.05) is 36.4 Å². The number of rotatable bonds is 4. The standard InChI is InChI=1S/C21H15N3O2/c25-21(18-12-13-26-14-18)22-20-11-10-19(23-24-20)17-8-6-16(7-9-17)15-4-2-1-3-5-15/h1-14H,(H,22,24,25). The van der Waals surface area contributed by atoms with E-state index in [0.29, 0.717) is 11.4 Å². The minimum Gasteiger partial charge on any atom is -0.472 e. The van der Waals surface area contributed by atoms with Crippen molar-refractivity contribution >= 4 is 11.7 Å². The number of carbonyl (C=O) groups is 1. The van der Waals surface area contributed by atoms with Crippen LogP contribution in [-0.4, -0.2) is 16.1 Å². The molecule has 5 heteroatoms. The number of carbonyl (C=O) groups excluding carboxylic acids is 1. The van der Waals surface area contributed by atoms with Crippen LogP contribution in [0.3, 0.4) is 0 Å². The molecule has 0 saturated heterocycles. The molecule has 2 aromatic carbocycles. The SMILES string of the molecule is O=C(Nc1ccc(-c2ccc(-c3ccccc3)cc2)nn1)c1ccoc1. The van der Waals surface area contributed by atoms with Crippen molar-refractivity contribution in [2.24, 2.45) is 0 Å². The second-order valence-corrected chi connectivity index (χ2v) is 5.71. The molecule has 0 aliphatic rings. The van der Waals surface area contributed by atoms with Crippen molar-refractivity contribution in [3.63, 3.8) is 0 Å². The topological polar surface area (TPSA) is 68.0 Å². The van der Waals surface area contributed by atoms with Gasteiger partial charge < -0.3 is 9.73 Å². The van der Waals surface area contributed by atoms with E-state index in [2.05, 4.69) is 39.8 Å². The highest BCUT2D eigenvalue weighted by Gasteiger charge is 2.09. The van der Waals surface area contributed by atoms with Crippen molar-refractivity contribution in [3.05, 3.63) is 90.9 Å². The van der Waals surface area contributed by atoms with Crippen LogP contribution in [0.15, 0.2) is 89.7 Å². The smallest absolute Gasteiger partial charge is 0.260 e. The monoisotopic (exact) mass is 341 g/mol. The molecule has 0 atom stereocenters. The van der Waals surface area contributed by atoms with Crippen LogP contribution in [0.4, 0.5) is 5.82 Å². The van der Waals surface area contributed by atoms with Gasteiger partial charge in [0.15, 0.2) is 5.82 Å². The predicted octanol–water partition coefficient (Wildman–Crippen LogP) is 4.66. The molecular weight excluding hydrogens is 326 g/mol. The van der Waals surface area contributed by atoms with Crippen molar-refractivity contribution in [2.75, 3.05) is 5.32 Å². The van der Waals surface area contributed by atoms with E-state index in [9.17, 15) is 4.79 Å². The molecule has 5 nitrogen and oxygen atoms in total. The Labute approximate surface area is 150 Å². The van der Waals surface area contributed by atoms with Gasteiger partial charge in [0.2, 0.25) is 0 Å². The fourth-order valence-corrected chi connectivity index (χ4v) is 2.60. The zero-order valence-corrected chi connectivity index (χ0v) is 13.8. The molecule has 0 aliphatic carbocycles. The van der Waals surface area contributed by atoms with Gasteiger partial charge in [0.1, 0.15) is 6.26 Å². The van der Waals surface area contributed by atoms with Gasteiger partial charge in [-0.05, 0) is 29.3 Å². The van der Waals surface area contributed by atoms with E-state index in [0.717, 1.165) is 16.8 Å². The van der Waals surface area contributed by atoms with Crippen LogP contribution in [0.1, 0.15) is 10.4 Å². The number of aromatic nitrogens is 2. The largest absolute Gasteiger partial charge is 0.472 e. The van der Waals surface area contributed by atoms with Gasteiger partial charge in [-0.1, -0.05) is 54.6 Å². The van der Waals surface area contributed by atoms with Crippen molar-refractivity contribution in [3.8, 4) is 22.4 Å². The lowest BCUT2D eigenvalue weighted by Gasteiger charge is -2.05. The summed E-state index contributed by atoms with van der Waals surface area (Å²) in [7, 11) is 0. The van der Waals surface area contributed by atoms with E-state index in [1.165, 1.54) is 18.1 Å². The van der Waals surface area contributed by atoms with Gasteiger partial charge in [0.25, 0.3) is 5.91 Å². The Kier molecular flexibility index (Phi) is 4.26. The summed E-state index contributed by atoms with van der Waals surface area (Å²) >= 11 is 0. The maximum atomic E-state index is 12.0. The lowest BCUT2D eigenvalue weighted by atomic mass is 10.0. The number of hydrogen-bond acceptors (Lipinski definition) is 4. The Morgan fingerprint density at radius 3 is 2.15 bits per heavy atom. The third-order valence-corrected chi connectivity index (χ3v) is 3.98. The maximum absolute atomic E-state index is 12.0. The molecule has 4 aromatic rings. The lowest BCUT2D eigenvalue weighted by Crippen LogP contribution is -2.12. The summed E-state index contributed by atoms with van der Waals surface area (Å²) < 4.78 is 4.89. The molecule has 0 radical (unpaired) electrons. The number of amides is 1. The second-order valence-electron chi connectivity index (χ2n) is 5.71. The van der Waals surface area contributed by atoms with Crippen LogP contribution in [0.2, 0.25) is 0 Å². The van der Waals surface area contributed by atoms with Crippen molar-refractivity contribution < 1.29 is 9.21 Å². The molecule has 0 saturated carbocycles.